The fourth-order valence-corrected chi connectivity index (χ4v) is 1.42. The molecule has 18 heavy (non-hydrogen) atoms. The van der Waals surface area contributed by atoms with Crippen LogP contribution in [0.25, 0.3) is 0 Å². The minimum atomic E-state index is 0.518. The first-order valence-electron chi connectivity index (χ1n) is 5.87. The lowest BCUT2D eigenvalue weighted by atomic mass is 10.4. The lowest BCUT2D eigenvalue weighted by molar-refractivity contribution is 0.465. The van der Waals surface area contributed by atoms with Gasteiger partial charge in [0.1, 0.15) is 11.6 Å². The molecule has 6 heteroatoms. The third-order valence-electron chi connectivity index (χ3n) is 2.41. The van der Waals surface area contributed by atoms with E-state index in [-0.39, 0.29) is 0 Å². The second-order valence-electron chi connectivity index (χ2n) is 4.06. The van der Waals surface area contributed by atoms with Crippen LogP contribution in [0.1, 0.15) is 18.6 Å². The van der Waals surface area contributed by atoms with Gasteiger partial charge in [-0.25, -0.2) is 9.97 Å². The van der Waals surface area contributed by atoms with Gasteiger partial charge in [0.25, 0.3) is 0 Å². The molecular formula is C12H17N5O. The molecule has 0 aliphatic carbocycles. The lowest BCUT2D eigenvalue weighted by Gasteiger charge is -2.10. The lowest BCUT2D eigenvalue weighted by Crippen LogP contribution is -2.13. The molecule has 0 saturated carbocycles. The Kier molecular flexibility index (Phi) is 3.76. The number of hydrogen-bond acceptors (Lipinski definition) is 6. The van der Waals surface area contributed by atoms with Gasteiger partial charge in [-0.05, 0) is 6.07 Å². The summed E-state index contributed by atoms with van der Waals surface area (Å²) < 4.78 is 5.50. The zero-order chi connectivity index (χ0) is 13.0. The van der Waals surface area contributed by atoms with Crippen molar-refractivity contribution in [2.24, 2.45) is 0 Å². The zero-order valence-electron chi connectivity index (χ0n) is 10.8. The summed E-state index contributed by atoms with van der Waals surface area (Å²) in [6, 6.07) is 1.82. The summed E-state index contributed by atoms with van der Waals surface area (Å²) >= 11 is 0. The highest BCUT2D eigenvalue weighted by molar-refractivity contribution is 5.40. The smallest absolute Gasteiger partial charge is 0.226 e. The Morgan fingerprint density at radius 1 is 1.33 bits per heavy atom. The molecule has 2 aromatic heterocycles. The average Bonchev–Trinajstić information content (AvgIpc) is 2.84. The number of anilines is 2. The van der Waals surface area contributed by atoms with E-state index in [9.17, 15) is 0 Å². The van der Waals surface area contributed by atoms with E-state index in [2.05, 4.69) is 20.3 Å². The van der Waals surface area contributed by atoms with Crippen LogP contribution < -0.4 is 10.2 Å². The first-order valence-corrected chi connectivity index (χ1v) is 5.87. The van der Waals surface area contributed by atoms with Crippen molar-refractivity contribution in [3.05, 3.63) is 30.1 Å². The normalized spacial score (nSPS) is 10.4. The molecule has 0 aliphatic heterocycles. The van der Waals surface area contributed by atoms with Gasteiger partial charge < -0.3 is 14.6 Å². The van der Waals surface area contributed by atoms with Crippen LogP contribution in [-0.4, -0.2) is 29.0 Å². The number of rotatable bonds is 5. The molecule has 0 spiro atoms. The van der Waals surface area contributed by atoms with E-state index in [1.165, 1.54) is 0 Å². The van der Waals surface area contributed by atoms with Crippen LogP contribution in [0.5, 0.6) is 0 Å². The highest BCUT2D eigenvalue weighted by Crippen LogP contribution is 2.10. The second-order valence-corrected chi connectivity index (χ2v) is 4.06. The van der Waals surface area contributed by atoms with Gasteiger partial charge in [-0.3, -0.25) is 0 Å². The van der Waals surface area contributed by atoms with Crippen molar-refractivity contribution in [1.82, 2.24) is 15.0 Å². The van der Waals surface area contributed by atoms with Crippen molar-refractivity contribution in [1.29, 1.82) is 0 Å². The van der Waals surface area contributed by atoms with Gasteiger partial charge in [0, 0.05) is 26.7 Å². The standard InChI is InChI=1S/C12H17N5O/c1-4-9-7-15-11(18-9)8-14-10-5-6-13-12(16-10)17(2)3/h5-7H,4,8H2,1-3H3,(H,13,14,16). The summed E-state index contributed by atoms with van der Waals surface area (Å²) in [7, 11) is 3.81. The van der Waals surface area contributed by atoms with Crippen LogP contribution >= 0.6 is 0 Å². The molecule has 2 heterocycles. The molecule has 1 N–H and O–H groups in total. The first-order chi connectivity index (χ1) is 8.69. The minimum absolute atomic E-state index is 0.518. The summed E-state index contributed by atoms with van der Waals surface area (Å²) in [5.41, 5.74) is 0. The number of nitrogens with zero attached hydrogens (tertiary/aromatic N) is 4. The number of aromatic nitrogens is 3. The van der Waals surface area contributed by atoms with Gasteiger partial charge >= 0.3 is 0 Å². The monoisotopic (exact) mass is 247 g/mol. The van der Waals surface area contributed by atoms with Crippen LogP contribution in [0, 0.1) is 0 Å². The van der Waals surface area contributed by atoms with Gasteiger partial charge in [-0.2, -0.15) is 4.98 Å². The molecule has 96 valence electrons. The minimum Gasteiger partial charge on any atom is -0.444 e. The van der Waals surface area contributed by atoms with Crippen LogP contribution in [0.15, 0.2) is 22.9 Å². The third kappa shape index (κ3) is 2.97. The van der Waals surface area contributed by atoms with Crippen LogP contribution in [0.4, 0.5) is 11.8 Å². The van der Waals surface area contributed by atoms with E-state index in [0.717, 1.165) is 18.0 Å². The van der Waals surface area contributed by atoms with Gasteiger partial charge in [0.2, 0.25) is 11.8 Å². The van der Waals surface area contributed by atoms with Gasteiger partial charge in [0.15, 0.2) is 0 Å². The van der Waals surface area contributed by atoms with Crippen molar-refractivity contribution in [2.45, 2.75) is 19.9 Å². The molecule has 0 radical (unpaired) electrons. The van der Waals surface area contributed by atoms with Crippen molar-refractivity contribution < 1.29 is 4.42 Å². The second kappa shape index (κ2) is 5.48. The summed E-state index contributed by atoms with van der Waals surface area (Å²) in [6.45, 7) is 2.55. The van der Waals surface area contributed by atoms with E-state index in [1.54, 1.807) is 12.4 Å². The Bertz CT molecular complexity index is 509. The molecule has 0 saturated heterocycles. The number of nitrogens with one attached hydrogen (secondary N) is 1. The Morgan fingerprint density at radius 3 is 2.83 bits per heavy atom. The highest BCUT2D eigenvalue weighted by Gasteiger charge is 2.04. The predicted octanol–water partition coefficient (Wildman–Crippen LogP) is 1.71. The third-order valence-corrected chi connectivity index (χ3v) is 2.41. The maximum atomic E-state index is 5.50. The van der Waals surface area contributed by atoms with Crippen molar-refractivity contribution >= 4 is 11.8 Å². The summed E-state index contributed by atoms with van der Waals surface area (Å²) in [5, 5.41) is 3.16. The topological polar surface area (TPSA) is 67.1 Å². The van der Waals surface area contributed by atoms with E-state index in [1.807, 2.05) is 32.0 Å². The van der Waals surface area contributed by atoms with Crippen molar-refractivity contribution in [3.8, 4) is 0 Å². The number of hydrogen-bond donors (Lipinski definition) is 1. The Labute approximate surface area is 106 Å². The van der Waals surface area contributed by atoms with Crippen molar-refractivity contribution in [3.63, 3.8) is 0 Å². The zero-order valence-corrected chi connectivity index (χ0v) is 10.8. The molecule has 2 rings (SSSR count). The molecule has 0 bridgehead atoms. The Balaban J connectivity index is 1.99. The molecule has 0 amide bonds. The van der Waals surface area contributed by atoms with Gasteiger partial charge in [0.05, 0.1) is 12.7 Å². The van der Waals surface area contributed by atoms with Crippen LogP contribution in [0.2, 0.25) is 0 Å². The molecule has 0 aliphatic rings. The maximum Gasteiger partial charge on any atom is 0.226 e. The molecule has 6 nitrogen and oxygen atoms in total. The fourth-order valence-electron chi connectivity index (χ4n) is 1.42. The highest BCUT2D eigenvalue weighted by atomic mass is 16.4. The Morgan fingerprint density at radius 2 is 2.17 bits per heavy atom. The quantitative estimate of drug-likeness (QED) is 0.867. The molecule has 0 fully saturated rings. The predicted molar refractivity (Wildman–Crippen MR) is 69.6 cm³/mol. The maximum absolute atomic E-state index is 5.50. The molecular weight excluding hydrogens is 230 g/mol. The van der Waals surface area contributed by atoms with Crippen LogP contribution in [-0.2, 0) is 13.0 Å². The number of aryl methyl sites for hydroxylation is 1. The molecule has 0 atom stereocenters. The van der Waals surface area contributed by atoms with E-state index >= 15 is 0 Å². The summed E-state index contributed by atoms with van der Waals surface area (Å²) in [4.78, 5) is 14.5. The number of oxazole rings is 1. The summed E-state index contributed by atoms with van der Waals surface area (Å²) in [6.07, 6.45) is 4.32. The average molecular weight is 247 g/mol. The Hall–Kier alpha value is -2.11. The van der Waals surface area contributed by atoms with E-state index in [4.69, 9.17) is 4.42 Å². The van der Waals surface area contributed by atoms with E-state index in [0.29, 0.717) is 18.4 Å². The van der Waals surface area contributed by atoms with Gasteiger partial charge in [-0.1, -0.05) is 6.92 Å². The first kappa shape index (κ1) is 12.3. The summed E-state index contributed by atoms with van der Waals surface area (Å²) in [5.74, 6) is 2.98. The van der Waals surface area contributed by atoms with Gasteiger partial charge in [-0.15, -0.1) is 0 Å². The molecule has 2 aromatic rings. The molecule has 0 aromatic carbocycles. The fraction of sp³-hybridized carbons (Fsp3) is 0.417. The largest absolute Gasteiger partial charge is 0.444 e. The van der Waals surface area contributed by atoms with Crippen LogP contribution in [0.3, 0.4) is 0 Å². The SMILES string of the molecule is CCc1cnc(CNc2ccnc(N(C)C)n2)o1. The molecule has 0 unspecified atom stereocenters. The van der Waals surface area contributed by atoms with Crippen molar-refractivity contribution in [2.75, 3.05) is 24.3 Å². The van der Waals surface area contributed by atoms with E-state index < -0.39 is 0 Å².